The van der Waals surface area contributed by atoms with Crippen LogP contribution in [-0.2, 0) is 0 Å². The van der Waals surface area contributed by atoms with Crippen molar-refractivity contribution >= 4 is 0 Å². The normalized spacial score (nSPS) is 10.4. The number of nitriles is 1. The summed E-state index contributed by atoms with van der Waals surface area (Å²) in [6.07, 6.45) is 7.11. The number of para-hydroxylation sites is 1. The summed E-state index contributed by atoms with van der Waals surface area (Å²) >= 11 is 0. The molecule has 0 bridgehead atoms. The Kier molecular flexibility index (Phi) is 4.38. The highest BCUT2D eigenvalue weighted by molar-refractivity contribution is 5.78. The molecular weight excluding hydrogens is 336 g/mol. The molecule has 0 saturated carbocycles. The molecule has 0 amide bonds. The maximum absolute atomic E-state index is 9.20. The van der Waals surface area contributed by atoms with Gasteiger partial charge in [0.1, 0.15) is 5.75 Å². The summed E-state index contributed by atoms with van der Waals surface area (Å²) in [4.78, 5) is 8.64. The molecule has 5 heteroatoms. The van der Waals surface area contributed by atoms with Crippen molar-refractivity contribution in [2.45, 2.75) is 0 Å². The summed E-state index contributed by atoms with van der Waals surface area (Å²) in [5.74, 6) is 0.790. The molecule has 2 heterocycles. The predicted octanol–water partition coefficient (Wildman–Crippen LogP) is 4.48. The molecule has 0 fully saturated rings. The lowest BCUT2D eigenvalue weighted by molar-refractivity contribution is 0.416. The number of nitrogens with zero attached hydrogens (tertiary/aromatic N) is 4. The van der Waals surface area contributed by atoms with Crippen LogP contribution >= 0.6 is 0 Å². The highest BCUT2D eigenvalue weighted by Gasteiger charge is 2.15. The largest absolute Gasteiger partial charge is 0.496 e. The minimum absolute atomic E-state index is 0.608. The molecule has 2 aromatic heterocycles. The minimum atomic E-state index is 0.608. The minimum Gasteiger partial charge on any atom is -0.496 e. The molecule has 2 aromatic carbocycles. The van der Waals surface area contributed by atoms with Gasteiger partial charge in [-0.1, -0.05) is 30.3 Å². The van der Waals surface area contributed by atoms with Gasteiger partial charge in [0.2, 0.25) is 0 Å². The van der Waals surface area contributed by atoms with E-state index < -0.39 is 0 Å². The number of pyridine rings is 1. The zero-order valence-electron chi connectivity index (χ0n) is 14.7. The summed E-state index contributed by atoms with van der Waals surface area (Å²) in [5, 5.41) is 9.20. The van der Waals surface area contributed by atoms with Gasteiger partial charge in [-0.3, -0.25) is 9.55 Å². The van der Waals surface area contributed by atoms with E-state index in [0.29, 0.717) is 5.56 Å². The first-order valence-electron chi connectivity index (χ1n) is 8.42. The SMILES string of the molecule is COc1ccccc1-c1ccncc1-n1cncc1-c1cccc(C#N)c1. The second kappa shape index (κ2) is 7.14. The van der Waals surface area contributed by atoms with Crippen LogP contribution in [0.25, 0.3) is 28.1 Å². The molecule has 0 radical (unpaired) electrons. The molecule has 130 valence electrons. The Bertz CT molecular complexity index is 1140. The Morgan fingerprint density at radius 3 is 2.70 bits per heavy atom. The average Bonchev–Trinajstić information content (AvgIpc) is 3.23. The van der Waals surface area contributed by atoms with E-state index in [1.165, 1.54) is 0 Å². The molecule has 0 N–H and O–H groups in total. The molecule has 0 aliphatic heterocycles. The monoisotopic (exact) mass is 352 g/mol. The van der Waals surface area contributed by atoms with E-state index in [1.807, 2.05) is 53.1 Å². The van der Waals surface area contributed by atoms with Crippen LogP contribution in [0.4, 0.5) is 0 Å². The molecule has 27 heavy (non-hydrogen) atoms. The van der Waals surface area contributed by atoms with Gasteiger partial charge in [0.15, 0.2) is 0 Å². The third-order valence-corrected chi connectivity index (χ3v) is 4.38. The Balaban J connectivity index is 1.90. The summed E-state index contributed by atoms with van der Waals surface area (Å²) in [6, 6.07) is 19.5. The molecule has 0 aliphatic carbocycles. The number of ether oxygens (including phenoxy) is 1. The van der Waals surface area contributed by atoms with E-state index in [2.05, 4.69) is 16.0 Å². The van der Waals surface area contributed by atoms with Crippen molar-refractivity contribution in [1.82, 2.24) is 14.5 Å². The fourth-order valence-corrected chi connectivity index (χ4v) is 3.12. The van der Waals surface area contributed by atoms with Crippen molar-refractivity contribution < 1.29 is 4.74 Å². The summed E-state index contributed by atoms with van der Waals surface area (Å²) in [7, 11) is 1.66. The van der Waals surface area contributed by atoms with E-state index in [4.69, 9.17) is 4.74 Å². The van der Waals surface area contributed by atoms with Gasteiger partial charge >= 0.3 is 0 Å². The molecule has 0 aliphatic rings. The molecule has 0 unspecified atom stereocenters. The van der Waals surface area contributed by atoms with Crippen molar-refractivity contribution in [3.05, 3.63) is 85.1 Å². The van der Waals surface area contributed by atoms with Gasteiger partial charge in [-0.05, 0) is 24.3 Å². The highest BCUT2D eigenvalue weighted by atomic mass is 16.5. The van der Waals surface area contributed by atoms with Crippen LogP contribution in [-0.4, -0.2) is 21.6 Å². The van der Waals surface area contributed by atoms with Gasteiger partial charge < -0.3 is 4.74 Å². The highest BCUT2D eigenvalue weighted by Crippen LogP contribution is 2.35. The van der Waals surface area contributed by atoms with E-state index in [0.717, 1.165) is 33.8 Å². The van der Waals surface area contributed by atoms with Gasteiger partial charge in [-0.2, -0.15) is 5.26 Å². The first kappa shape index (κ1) is 16.6. The lowest BCUT2D eigenvalue weighted by atomic mass is 10.0. The lowest BCUT2D eigenvalue weighted by Crippen LogP contribution is -2.00. The van der Waals surface area contributed by atoms with Gasteiger partial charge in [-0.25, -0.2) is 4.98 Å². The first-order chi connectivity index (χ1) is 13.3. The fourth-order valence-electron chi connectivity index (χ4n) is 3.12. The van der Waals surface area contributed by atoms with Gasteiger partial charge in [0.25, 0.3) is 0 Å². The number of aromatic nitrogens is 3. The molecule has 5 nitrogen and oxygen atoms in total. The van der Waals surface area contributed by atoms with Crippen LogP contribution in [0.5, 0.6) is 5.75 Å². The summed E-state index contributed by atoms with van der Waals surface area (Å²) in [6.45, 7) is 0. The van der Waals surface area contributed by atoms with E-state index >= 15 is 0 Å². The Hall–Kier alpha value is -3.91. The number of benzene rings is 2. The number of hydrogen-bond acceptors (Lipinski definition) is 4. The molecule has 4 rings (SSSR count). The number of methoxy groups -OCH3 is 1. The van der Waals surface area contributed by atoms with Crippen LogP contribution in [0.1, 0.15) is 5.56 Å². The Morgan fingerprint density at radius 1 is 0.963 bits per heavy atom. The topological polar surface area (TPSA) is 63.7 Å². The van der Waals surface area contributed by atoms with E-state index in [1.54, 1.807) is 38.1 Å². The quantitative estimate of drug-likeness (QED) is 0.543. The number of imidazole rings is 1. The van der Waals surface area contributed by atoms with Gasteiger partial charge in [0, 0.05) is 22.9 Å². The number of hydrogen-bond donors (Lipinski definition) is 0. The molecule has 0 spiro atoms. The van der Waals surface area contributed by atoms with Crippen LogP contribution in [0.2, 0.25) is 0 Å². The van der Waals surface area contributed by atoms with Crippen LogP contribution in [0.15, 0.2) is 79.5 Å². The van der Waals surface area contributed by atoms with E-state index in [-0.39, 0.29) is 0 Å². The molecular formula is C22H16N4O. The van der Waals surface area contributed by atoms with E-state index in [9.17, 15) is 5.26 Å². The van der Waals surface area contributed by atoms with Crippen LogP contribution < -0.4 is 4.74 Å². The van der Waals surface area contributed by atoms with Crippen molar-refractivity contribution in [2.24, 2.45) is 0 Å². The van der Waals surface area contributed by atoms with Crippen molar-refractivity contribution in [3.63, 3.8) is 0 Å². The maximum atomic E-state index is 9.20. The van der Waals surface area contributed by atoms with Crippen molar-refractivity contribution in [2.75, 3.05) is 7.11 Å². The third-order valence-electron chi connectivity index (χ3n) is 4.38. The lowest BCUT2D eigenvalue weighted by Gasteiger charge is -2.15. The zero-order chi connectivity index (χ0) is 18.6. The number of rotatable bonds is 4. The standard InChI is InChI=1S/C22H16N4O/c1-27-22-8-3-2-7-19(22)18-9-10-24-14-21(18)26-15-25-13-20(26)17-6-4-5-16(11-17)12-23/h2-11,13-15H,1H3. The average molecular weight is 352 g/mol. The molecule has 4 aromatic rings. The van der Waals surface area contributed by atoms with Crippen LogP contribution in [0.3, 0.4) is 0 Å². The fraction of sp³-hybridized carbons (Fsp3) is 0.0455. The molecule has 0 atom stereocenters. The Labute approximate surface area is 157 Å². The second-order valence-corrected chi connectivity index (χ2v) is 5.93. The summed E-state index contributed by atoms with van der Waals surface area (Å²) in [5.41, 5.74) is 5.26. The smallest absolute Gasteiger partial charge is 0.126 e. The van der Waals surface area contributed by atoms with Gasteiger partial charge in [0.05, 0.1) is 48.8 Å². The van der Waals surface area contributed by atoms with Crippen molar-refractivity contribution in [1.29, 1.82) is 5.26 Å². The third kappa shape index (κ3) is 3.05. The first-order valence-corrected chi connectivity index (χ1v) is 8.42. The van der Waals surface area contributed by atoms with Crippen LogP contribution in [0, 0.1) is 11.3 Å². The zero-order valence-corrected chi connectivity index (χ0v) is 14.7. The molecule has 0 saturated heterocycles. The Morgan fingerprint density at radius 2 is 1.85 bits per heavy atom. The van der Waals surface area contributed by atoms with Gasteiger partial charge in [-0.15, -0.1) is 0 Å². The summed E-state index contributed by atoms with van der Waals surface area (Å²) < 4.78 is 7.51. The second-order valence-electron chi connectivity index (χ2n) is 5.93. The predicted molar refractivity (Wildman–Crippen MR) is 103 cm³/mol. The van der Waals surface area contributed by atoms with Crippen molar-refractivity contribution in [3.8, 4) is 39.9 Å². The maximum Gasteiger partial charge on any atom is 0.126 e.